The van der Waals surface area contributed by atoms with Crippen LogP contribution >= 0.6 is 0 Å². The van der Waals surface area contributed by atoms with Crippen LogP contribution in [0.25, 0.3) is 0 Å². The van der Waals surface area contributed by atoms with Crippen molar-refractivity contribution in [3.05, 3.63) is 54.1 Å². The van der Waals surface area contributed by atoms with Crippen LogP contribution in [0.1, 0.15) is 48.7 Å². The highest BCUT2D eigenvalue weighted by molar-refractivity contribution is 7.89. The van der Waals surface area contributed by atoms with Gasteiger partial charge in [0.2, 0.25) is 10.0 Å². The van der Waals surface area contributed by atoms with Crippen LogP contribution in [0, 0.1) is 0 Å². The molecule has 1 aromatic carbocycles. The number of hydrogen-bond donors (Lipinski definition) is 1. The Hall–Kier alpha value is -2.32. The van der Waals surface area contributed by atoms with Gasteiger partial charge in [0.25, 0.3) is 5.91 Å². The first-order valence-electron chi connectivity index (χ1n) is 9.17. The van der Waals surface area contributed by atoms with Crippen molar-refractivity contribution >= 4 is 15.9 Å². The van der Waals surface area contributed by atoms with Gasteiger partial charge in [0, 0.05) is 24.3 Å². The molecule has 7 nitrogen and oxygen atoms in total. The van der Waals surface area contributed by atoms with E-state index in [1.54, 1.807) is 24.4 Å². The van der Waals surface area contributed by atoms with E-state index in [4.69, 9.17) is 0 Å². The fraction of sp³-hybridized carbons (Fsp3) is 0.421. The largest absolute Gasteiger partial charge is 0.336 e. The molecule has 0 radical (unpaired) electrons. The summed E-state index contributed by atoms with van der Waals surface area (Å²) in [6, 6.07) is 8.12. The molecule has 2 aromatic rings. The van der Waals surface area contributed by atoms with E-state index >= 15 is 0 Å². The van der Waals surface area contributed by atoms with Crippen LogP contribution in [0.4, 0.5) is 0 Å². The summed E-state index contributed by atoms with van der Waals surface area (Å²) in [6.07, 6.45) is 6.93. The molecule has 1 fully saturated rings. The fourth-order valence-corrected chi connectivity index (χ4v) is 4.42. The molecule has 8 heteroatoms. The molecule has 1 aliphatic rings. The molecule has 1 atom stereocenters. The SMILES string of the molecule is CCCC1CCCN1C(=O)c1cccc(S(=O)(=O)NCc2ccncn2)c1. The van der Waals surface area contributed by atoms with Crippen molar-refractivity contribution in [2.75, 3.05) is 6.54 Å². The topological polar surface area (TPSA) is 92.3 Å². The molecular formula is C19H24N4O3S. The Morgan fingerprint density at radius 1 is 1.33 bits per heavy atom. The van der Waals surface area contributed by atoms with Crippen molar-refractivity contribution in [1.29, 1.82) is 0 Å². The van der Waals surface area contributed by atoms with Crippen LogP contribution in [0.2, 0.25) is 0 Å². The molecule has 1 saturated heterocycles. The monoisotopic (exact) mass is 388 g/mol. The quantitative estimate of drug-likeness (QED) is 0.786. The van der Waals surface area contributed by atoms with Crippen LogP contribution < -0.4 is 4.72 Å². The first kappa shape index (κ1) is 19.4. The summed E-state index contributed by atoms with van der Waals surface area (Å²) >= 11 is 0. The van der Waals surface area contributed by atoms with Gasteiger partial charge in [0.1, 0.15) is 6.33 Å². The van der Waals surface area contributed by atoms with Gasteiger partial charge in [0.05, 0.1) is 17.1 Å². The van der Waals surface area contributed by atoms with Crippen LogP contribution in [-0.4, -0.2) is 41.8 Å². The van der Waals surface area contributed by atoms with Crippen LogP contribution in [0.3, 0.4) is 0 Å². The molecule has 1 amide bonds. The molecule has 0 aliphatic carbocycles. The lowest BCUT2D eigenvalue weighted by molar-refractivity contribution is 0.0730. The number of carbonyl (C=O) groups is 1. The van der Waals surface area contributed by atoms with E-state index in [0.717, 1.165) is 32.2 Å². The van der Waals surface area contributed by atoms with E-state index in [2.05, 4.69) is 21.6 Å². The summed E-state index contributed by atoms with van der Waals surface area (Å²) in [4.78, 5) is 22.6. The minimum absolute atomic E-state index is 0.0632. The van der Waals surface area contributed by atoms with Gasteiger partial charge in [-0.25, -0.2) is 23.1 Å². The highest BCUT2D eigenvalue weighted by Gasteiger charge is 2.29. The molecule has 1 aliphatic heterocycles. The number of hydrogen-bond acceptors (Lipinski definition) is 5. The van der Waals surface area contributed by atoms with Crippen LogP contribution in [0.5, 0.6) is 0 Å². The zero-order valence-corrected chi connectivity index (χ0v) is 16.2. The normalized spacial score (nSPS) is 17.2. The molecule has 0 saturated carbocycles. The summed E-state index contributed by atoms with van der Waals surface area (Å²) in [5.74, 6) is -0.0983. The minimum Gasteiger partial charge on any atom is -0.336 e. The number of aromatic nitrogens is 2. The highest BCUT2D eigenvalue weighted by atomic mass is 32.2. The van der Waals surface area contributed by atoms with Crippen molar-refractivity contribution in [1.82, 2.24) is 19.6 Å². The second-order valence-corrected chi connectivity index (χ2v) is 8.40. The van der Waals surface area contributed by atoms with E-state index < -0.39 is 10.0 Å². The molecule has 2 heterocycles. The summed E-state index contributed by atoms with van der Waals surface area (Å²) < 4.78 is 27.7. The number of amides is 1. The van der Waals surface area contributed by atoms with Gasteiger partial charge in [-0.1, -0.05) is 19.4 Å². The molecule has 1 aromatic heterocycles. The third-order valence-corrected chi connectivity index (χ3v) is 6.14. The van der Waals surface area contributed by atoms with E-state index in [1.807, 2.05) is 4.90 Å². The van der Waals surface area contributed by atoms with Gasteiger partial charge in [-0.2, -0.15) is 0 Å². The maximum Gasteiger partial charge on any atom is 0.254 e. The molecular weight excluding hydrogens is 364 g/mol. The van der Waals surface area contributed by atoms with Crippen molar-refractivity contribution in [3.63, 3.8) is 0 Å². The number of nitrogens with zero attached hydrogens (tertiary/aromatic N) is 3. The van der Waals surface area contributed by atoms with Crippen molar-refractivity contribution < 1.29 is 13.2 Å². The van der Waals surface area contributed by atoms with Crippen LogP contribution in [0.15, 0.2) is 47.8 Å². The van der Waals surface area contributed by atoms with Crippen molar-refractivity contribution in [3.8, 4) is 0 Å². The average Bonchev–Trinajstić information content (AvgIpc) is 3.15. The van der Waals surface area contributed by atoms with Gasteiger partial charge in [-0.05, 0) is 43.5 Å². The van der Waals surface area contributed by atoms with Crippen molar-refractivity contribution in [2.24, 2.45) is 0 Å². The van der Waals surface area contributed by atoms with Gasteiger partial charge in [-0.3, -0.25) is 4.79 Å². The van der Waals surface area contributed by atoms with E-state index in [1.165, 1.54) is 18.5 Å². The van der Waals surface area contributed by atoms with Gasteiger partial charge >= 0.3 is 0 Å². The van der Waals surface area contributed by atoms with E-state index in [0.29, 0.717) is 11.3 Å². The zero-order chi connectivity index (χ0) is 19.3. The molecule has 144 valence electrons. The minimum atomic E-state index is -3.74. The molecule has 3 rings (SSSR count). The Labute approximate surface area is 159 Å². The van der Waals surface area contributed by atoms with Gasteiger partial charge < -0.3 is 4.90 Å². The number of benzene rings is 1. The number of sulfonamides is 1. The number of rotatable bonds is 7. The Bertz CT molecular complexity index is 887. The molecule has 1 unspecified atom stereocenters. The van der Waals surface area contributed by atoms with E-state index in [9.17, 15) is 13.2 Å². The smallest absolute Gasteiger partial charge is 0.254 e. The second kappa shape index (κ2) is 8.58. The molecule has 1 N–H and O–H groups in total. The van der Waals surface area contributed by atoms with Gasteiger partial charge in [0.15, 0.2) is 0 Å². The lowest BCUT2D eigenvalue weighted by Gasteiger charge is -2.24. The third kappa shape index (κ3) is 4.70. The van der Waals surface area contributed by atoms with Gasteiger partial charge in [-0.15, -0.1) is 0 Å². The summed E-state index contributed by atoms with van der Waals surface area (Å²) in [5, 5.41) is 0. The standard InChI is InChI=1S/C19H24N4O3S/c1-2-5-17-7-4-11-23(17)19(24)15-6-3-8-18(12-15)27(25,26)22-13-16-9-10-20-14-21-16/h3,6,8-10,12,14,17,22H,2,4-5,7,11,13H2,1H3. The first-order chi connectivity index (χ1) is 13.0. The number of carbonyl (C=O) groups excluding carboxylic acids is 1. The molecule has 0 bridgehead atoms. The zero-order valence-electron chi connectivity index (χ0n) is 15.3. The predicted molar refractivity (Wildman–Crippen MR) is 101 cm³/mol. The number of likely N-dealkylation sites (tertiary alicyclic amines) is 1. The lowest BCUT2D eigenvalue weighted by atomic mass is 10.1. The Morgan fingerprint density at radius 2 is 2.19 bits per heavy atom. The number of nitrogens with one attached hydrogen (secondary N) is 1. The Balaban J connectivity index is 1.75. The summed E-state index contributed by atoms with van der Waals surface area (Å²) in [6.45, 7) is 2.90. The first-order valence-corrected chi connectivity index (χ1v) is 10.6. The molecule has 27 heavy (non-hydrogen) atoms. The lowest BCUT2D eigenvalue weighted by Crippen LogP contribution is -2.35. The highest BCUT2D eigenvalue weighted by Crippen LogP contribution is 2.24. The summed E-state index contributed by atoms with van der Waals surface area (Å²) in [5.41, 5.74) is 0.975. The maximum absolute atomic E-state index is 12.9. The second-order valence-electron chi connectivity index (χ2n) is 6.64. The molecule has 0 spiro atoms. The fourth-order valence-electron chi connectivity index (χ4n) is 3.37. The Kier molecular flexibility index (Phi) is 6.18. The summed E-state index contributed by atoms with van der Waals surface area (Å²) in [7, 11) is -3.74. The maximum atomic E-state index is 12.9. The average molecular weight is 388 g/mol. The van der Waals surface area contributed by atoms with E-state index in [-0.39, 0.29) is 23.4 Å². The Morgan fingerprint density at radius 3 is 2.93 bits per heavy atom. The third-order valence-electron chi connectivity index (χ3n) is 4.74. The van der Waals surface area contributed by atoms with Crippen molar-refractivity contribution in [2.45, 2.75) is 50.1 Å². The van der Waals surface area contributed by atoms with Crippen LogP contribution in [-0.2, 0) is 16.6 Å². The predicted octanol–water partition coefficient (Wildman–Crippen LogP) is 2.36.